The van der Waals surface area contributed by atoms with Crippen molar-refractivity contribution in [2.24, 2.45) is 0 Å². The number of carbonyl (C=O) groups is 1. The van der Waals surface area contributed by atoms with Crippen LogP contribution in [0.25, 0.3) is 21.8 Å². The van der Waals surface area contributed by atoms with E-state index in [0.717, 1.165) is 5.56 Å². The number of nitrogens with one attached hydrogen (secondary N) is 3. The molecule has 0 unspecified atom stereocenters. The Labute approximate surface area is 175 Å². The van der Waals surface area contributed by atoms with E-state index in [2.05, 4.69) is 20.4 Å². The summed E-state index contributed by atoms with van der Waals surface area (Å²) in [5.74, 6) is -0.449. The second-order valence-corrected chi connectivity index (χ2v) is 7.14. The zero-order valence-corrected chi connectivity index (χ0v) is 16.3. The van der Waals surface area contributed by atoms with Crippen LogP contribution in [0.1, 0.15) is 16.1 Å². The van der Waals surface area contributed by atoms with E-state index in [9.17, 15) is 14.4 Å². The molecule has 152 valence electrons. The van der Waals surface area contributed by atoms with Gasteiger partial charge in [-0.1, -0.05) is 48.5 Å². The lowest BCUT2D eigenvalue weighted by Gasteiger charge is -2.11. The number of amides is 1. The molecule has 0 bridgehead atoms. The maximum atomic E-state index is 13.1. The minimum atomic E-state index is -0.449. The molecule has 3 aromatic carbocycles. The lowest BCUT2D eigenvalue weighted by atomic mass is 10.1. The van der Waals surface area contributed by atoms with Crippen LogP contribution >= 0.6 is 0 Å². The fourth-order valence-corrected chi connectivity index (χ4v) is 3.57. The smallest absolute Gasteiger partial charge is 0.320 e. The maximum Gasteiger partial charge on any atom is 0.323 e. The van der Waals surface area contributed by atoms with Crippen molar-refractivity contribution in [2.45, 2.75) is 6.54 Å². The molecule has 8 nitrogen and oxygen atoms in total. The van der Waals surface area contributed by atoms with Gasteiger partial charge in [0.2, 0.25) is 0 Å². The Balaban J connectivity index is 1.57. The number of H-pyrrole nitrogens is 2. The predicted octanol–water partition coefficient (Wildman–Crippen LogP) is 2.87. The number of hydrogen-bond acceptors (Lipinski definition) is 4. The molecular weight excluding hydrogens is 394 g/mol. The SMILES string of the molecule is O=C(Nc1ccc2[nH]c(=O)[nH]c2c1)c1nn(Cc2ccccc2)c(=O)c2ccccc12. The number of aromatic nitrogens is 4. The zero-order valence-electron chi connectivity index (χ0n) is 16.3. The highest BCUT2D eigenvalue weighted by Crippen LogP contribution is 2.18. The Morgan fingerprint density at radius 1 is 0.871 bits per heavy atom. The van der Waals surface area contributed by atoms with Crippen LogP contribution in [0.2, 0.25) is 0 Å². The highest BCUT2D eigenvalue weighted by atomic mass is 16.2. The monoisotopic (exact) mass is 411 g/mol. The van der Waals surface area contributed by atoms with Crippen molar-refractivity contribution in [3.8, 4) is 0 Å². The van der Waals surface area contributed by atoms with Crippen LogP contribution in [-0.2, 0) is 6.54 Å². The maximum absolute atomic E-state index is 13.1. The number of carbonyl (C=O) groups excluding carboxylic acids is 1. The van der Waals surface area contributed by atoms with Crippen LogP contribution in [0.15, 0.2) is 82.4 Å². The fourth-order valence-electron chi connectivity index (χ4n) is 3.57. The Kier molecular flexibility index (Phi) is 4.44. The topological polar surface area (TPSA) is 113 Å². The lowest BCUT2D eigenvalue weighted by molar-refractivity contribution is 0.102. The number of aromatic amines is 2. The molecule has 1 amide bonds. The zero-order chi connectivity index (χ0) is 21.4. The Hall–Kier alpha value is -4.46. The van der Waals surface area contributed by atoms with Crippen molar-refractivity contribution < 1.29 is 4.79 Å². The van der Waals surface area contributed by atoms with E-state index < -0.39 is 5.91 Å². The lowest BCUT2D eigenvalue weighted by Crippen LogP contribution is -2.28. The van der Waals surface area contributed by atoms with E-state index in [1.54, 1.807) is 42.5 Å². The molecule has 5 aromatic rings. The second-order valence-electron chi connectivity index (χ2n) is 7.14. The number of benzene rings is 3. The second kappa shape index (κ2) is 7.42. The van der Waals surface area contributed by atoms with Gasteiger partial charge in [-0.05, 0) is 29.8 Å². The Bertz CT molecular complexity index is 1550. The summed E-state index contributed by atoms with van der Waals surface area (Å²) in [6, 6.07) is 21.4. The van der Waals surface area contributed by atoms with Crippen molar-refractivity contribution in [2.75, 3.05) is 5.32 Å². The standard InChI is InChI=1S/C23H17N5O3/c29-21(24-15-10-11-18-19(12-15)26-23(31)25-18)20-16-8-4-5-9-17(16)22(30)28(27-20)13-14-6-2-1-3-7-14/h1-12H,13H2,(H,24,29)(H2,25,26,31). The van der Waals surface area contributed by atoms with Crippen LogP contribution < -0.4 is 16.6 Å². The average molecular weight is 411 g/mol. The first-order valence-electron chi connectivity index (χ1n) is 9.66. The van der Waals surface area contributed by atoms with Gasteiger partial charge in [0.1, 0.15) is 0 Å². The first kappa shape index (κ1) is 18.6. The van der Waals surface area contributed by atoms with Gasteiger partial charge in [-0.15, -0.1) is 0 Å². The van der Waals surface area contributed by atoms with Gasteiger partial charge in [0.05, 0.1) is 23.0 Å². The molecule has 3 N–H and O–H groups in total. The summed E-state index contributed by atoms with van der Waals surface area (Å²) in [4.78, 5) is 42.9. The molecule has 0 aliphatic heterocycles. The molecule has 0 saturated heterocycles. The van der Waals surface area contributed by atoms with Gasteiger partial charge in [0.25, 0.3) is 11.5 Å². The van der Waals surface area contributed by atoms with Crippen LogP contribution in [-0.4, -0.2) is 25.7 Å². The van der Waals surface area contributed by atoms with Crippen molar-refractivity contribution >= 4 is 33.4 Å². The molecule has 8 heteroatoms. The van der Waals surface area contributed by atoms with E-state index in [1.807, 2.05) is 30.3 Å². The summed E-state index contributed by atoms with van der Waals surface area (Å²) in [6.45, 7) is 0.251. The van der Waals surface area contributed by atoms with E-state index in [4.69, 9.17) is 0 Å². The van der Waals surface area contributed by atoms with Crippen molar-refractivity contribution in [3.05, 3.63) is 105 Å². The van der Waals surface area contributed by atoms with E-state index in [0.29, 0.717) is 27.5 Å². The average Bonchev–Trinajstić information content (AvgIpc) is 3.15. The minimum Gasteiger partial charge on any atom is -0.320 e. The predicted molar refractivity (Wildman–Crippen MR) is 118 cm³/mol. The number of fused-ring (bicyclic) bond motifs is 2. The molecule has 31 heavy (non-hydrogen) atoms. The molecule has 0 spiro atoms. The van der Waals surface area contributed by atoms with Crippen molar-refractivity contribution in [1.82, 2.24) is 19.7 Å². The van der Waals surface area contributed by atoms with Crippen molar-refractivity contribution in [1.29, 1.82) is 0 Å². The first-order chi connectivity index (χ1) is 15.1. The first-order valence-corrected chi connectivity index (χ1v) is 9.66. The van der Waals surface area contributed by atoms with E-state index in [-0.39, 0.29) is 23.5 Å². The summed E-state index contributed by atoms with van der Waals surface area (Å²) < 4.78 is 1.30. The van der Waals surface area contributed by atoms with Crippen LogP contribution in [0.3, 0.4) is 0 Å². The molecule has 2 heterocycles. The Morgan fingerprint density at radius 2 is 1.58 bits per heavy atom. The summed E-state index contributed by atoms with van der Waals surface area (Å²) in [5.41, 5.74) is 2.19. The number of anilines is 1. The fraction of sp³-hybridized carbons (Fsp3) is 0.0435. The molecule has 5 rings (SSSR count). The molecule has 0 aliphatic rings. The highest BCUT2D eigenvalue weighted by molar-refractivity contribution is 6.11. The molecule has 0 radical (unpaired) electrons. The van der Waals surface area contributed by atoms with E-state index >= 15 is 0 Å². The number of imidazole rings is 1. The molecule has 2 aromatic heterocycles. The molecular formula is C23H17N5O3. The van der Waals surface area contributed by atoms with Gasteiger partial charge in [0, 0.05) is 11.1 Å². The number of nitrogens with zero attached hydrogens (tertiary/aromatic N) is 2. The molecule has 0 saturated carbocycles. The van der Waals surface area contributed by atoms with Gasteiger partial charge in [-0.25, -0.2) is 9.48 Å². The molecule has 0 atom stereocenters. The third-order valence-corrected chi connectivity index (χ3v) is 5.03. The highest BCUT2D eigenvalue weighted by Gasteiger charge is 2.17. The van der Waals surface area contributed by atoms with Gasteiger partial charge < -0.3 is 15.3 Å². The quantitative estimate of drug-likeness (QED) is 0.422. The number of rotatable bonds is 4. The summed E-state index contributed by atoms with van der Waals surface area (Å²) in [7, 11) is 0. The molecule has 0 fully saturated rings. The van der Waals surface area contributed by atoms with Gasteiger partial charge >= 0.3 is 5.69 Å². The van der Waals surface area contributed by atoms with Gasteiger partial charge in [-0.3, -0.25) is 9.59 Å². The summed E-state index contributed by atoms with van der Waals surface area (Å²) >= 11 is 0. The Morgan fingerprint density at radius 3 is 2.39 bits per heavy atom. The largest absolute Gasteiger partial charge is 0.323 e. The van der Waals surface area contributed by atoms with Crippen molar-refractivity contribution in [3.63, 3.8) is 0 Å². The van der Waals surface area contributed by atoms with Crippen LogP contribution in [0.5, 0.6) is 0 Å². The normalized spacial score (nSPS) is 11.1. The summed E-state index contributed by atoms with van der Waals surface area (Å²) in [5, 5.41) is 8.09. The van der Waals surface area contributed by atoms with Gasteiger partial charge in [0.15, 0.2) is 5.69 Å². The van der Waals surface area contributed by atoms with E-state index in [1.165, 1.54) is 4.68 Å². The minimum absolute atomic E-state index is 0.147. The van der Waals surface area contributed by atoms with Crippen LogP contribution in [0, 0.1) is 0 Å². The summed E-state index contributed by atoms with van der Waals surface area (Å²) in [6.07, 6.45) is 0. The third kappa shape index (κ3) is 3.51. The molecule has 0 aliphatic carbocycles. The third-order valence-electron chi connectivity index (χ3n) is 5.03. The van der Waals surface area contributed by atoms with Gasteiger partial charge in [-0.2, -0.15) is 5.10 Å². The van der Waals surface area contributed by atoms with Crippen LogP contribution in [0.4, 0.5) is 5.69 Å². The number of hydrogen-bond donors (Lipinski definition) is 3.